The number of halogens is 3. The molecule has 10 heteroatoms. The summed E-state index contributed by atoms with van der Waals surface area (Å²) < 4.78 is 54.8. The van der Waals surface area contributed by atoms with Crippen LogP contribution in [-0.4, -0.2) is 52.7 Å². The Hall–Kier alpha value is -2.72. The summed E-state index contributed by atoms with van der Waals surface area (Å²) in [7, 11) is 0. The molecule has 0 spiro atoms. The summed E-state index contributed by atoms with van der Waals surface area (Å²) in [5.74, 6) is 0.275. The third kappa shape index (κ3) is 3.85. The minimum Gasteiger partial charge on any atom is -0.378 e. The van der Waals surface area contributed by atoms with Gasteiger partial charge in [0.25, 0.3) is 0 Å². The predicted molar refractivity (Wildman–Crippen MR) is 108 cm³/mol. The monoisotopic (exact) mass is 433 g/mol. The van der Waals surface area contributed by atoms with E-state index in [1.165, 1.54) is 12.3 Å². The zero-order valence-electron chi connectivity index (χ0n) is 16.8. The Kier molecular flexibility index (Phi) is 5.27. The lowest BCUT2D eigenvalue weighted by atomic mass is 10.1. The molecule has 0 amide bonds. The van der Waals surface area contributed by atoms with Crippen molar-refractivity contribution in [3.8, 4) is 11.4 Å². The van der Waals surface area contributed by atoms with Gasteiger partial charge in [0.2, 0.25) is 0 Å². The molecule has 0 bridgehead atoms. The fourth-order valence-corrected chi connectivity index (χ4v) is 4.16. The largest absolute Gasteiger partial charge is 0.417 e. The molecule has 2 aliphatic heterocycles. The number of nitrogens with zero attached hydrogens (tertiary/aromatic N) is 5. The average molecular weight is 433 g/mol. The van der Waals surface area contributed by atoms with Crippen molar-refractivity contribution in [1.82, 2.24) is 19.7 Å². The van der Waals surface area contributed by atoms with Gasteiger partial charge >= 0.3 is 6.18 Å². The highest BCUT2D eigenvalue weighted by Crippen LogP contribution is 2.39. The van der Waals surface area contributed by atoms with Crippen molar-refractivity contribution in [3.05, 3.63) is 36.2 Å². The Morgan fingerprint density at radius 2 is 1.87 bits per heavy atom. The molecule has 5 rings (SSSR count). The van der Waals surface area contributed by atoms with Crippen LogP contribution in [0.1, 0.15) is 31.1 Å². The molecule has 2 saturated heterocycles. The maximum atomic E-state index is 14.0. The van der Waals surface area contributed by atoms with Gasteiger partial charge in [-0.25, -0.2) is 9.67 Å². The molecule has 0 radical (unpaired) electrons. The van der Waals surface area contributed by atoms with E-state index in [2.05, 4.69) is 15.1 Å². The van der Waals surface area contributed by atoms with Crippen LogP contribution < -0.4 is 4.90 Å². The number of alkyl halides is 3. The molecule has 0 N–H and O–H groups in total. The van der Waals surface area contributed by atoms with Crippen molar-refractivity contribution >= 4 is 16.7 Å². The van der Waals surface area contributed by atoms with Gasteiger partial charge in [-0.2, -0.15) is 18.3 Å². The Morgan fingerprint density at radius 1 is 1.03 bits per heavy atom. The second kappa shape index (κ2) is 8.08. The van der Waals surface area contributed by atoms with Crippen molar-refractivity contribution < 1.29 is 22.6 Å². The van der Waals surface area contributed by atoms with Gasteiger partial charge in [0, 0.05) is 37.5 Å². The van der Waals surface area contributed by atoms with E-state index in [0.29, 0.717) is 44.3 Å². The molecule has 7 nitrogen and oxygen atoms in total. The highest BCUT2D eigenvalue weighted by atomic mass is 19.4. The number of anilines is 1. The number of hydrogen-bond acceptors (Lipinski definition) is 6. The molecule has 0 saturated carbocycles. The van der Waals surface area contributed by atoms with Crippen molar-refractivity contribution in [2.24, 2.45) is 0 Å². The number of ether oxygens (including phenoxy) is 2. The summed E-state index contributed by atoms with van der Waals surface area (Å²) in [5, 5.41) is 4.40. The third-order valence-corrected chi connectivity index (χ3v) is 5.70. The van der Waals surface area contributed by atoms with Crippen LogP contribution in [-0.2, 0) is 15.7 Å². The lowest BCUT2D eigenvalue weighted by Crippen LogP contribution is -2.37. The van der Waals surface area contributed by atoms with Crippen molar-refractivity contribution in [2.75, 3.05) is 37.8 Å². The molecule has 0 aromatic carbocycles. The van der Waals surface area contributed by atoms with Crippen LogP contribution >= 0.6 is 0 Å². The van der Waals surface area contributed by atoms with Crippen molar-refractivity contribution in [2.45, 2.75) is 31.7 Å². The van der Waals surface area contributed by atoms with Gasteiger partial charge in [0.1, 0.15) is 17.0 Å². The lowest BCUT2D eigenvalue weighted by molar-refractivity contribution is -0.136. The summed E-state index contributed by atoms with van der Waals surface area (Å²) in [6.45, 7) is 2.50. The van der Waals surface area contributed by atoms with E-state index in [-0.39, 0.29) is 22.9 Å². The molecule has 164 valence electrons. The molecule has 3 aromatic rings. The Balaban J connectivity index is 1.69. The molecule has 2 fully saturated rings. The van der Waals surface area contributed by atoms with Gasteiger partial charge in [-0.1, -0.05) is 0 Å². The van der Waals surface area contributed by atoms with Crippen LogP contribution in [0.15, 0.2) is 30.6 Å². The second-order valence-corrected chi connectivity index (χ2v) is 7.66. The lowest BCUT2D eigenvalue weighted by Gasteiger charge is -2.29. The topological polar surface area (TPSA) is 65.3 Å². The summed E-state index contributed by atoms with van der Waals surface area (Å²) in [5.41, 5.74) is 0.445. The molecule has 5 heterocycles. The van der Waals surface area contributed by atoms with E-state index in [1.54, 1.807) is 16.9 Å². The maximum absolute atomic E-state index is 14.0. The first kappa shape index (κ1) is 20.2. The van der Waals surface area contributed by atoms with E-state index in [0.717, 1.165) is 25.3 Å². The average Bonchev–Trinajstić information content (AvgIpc) is 3.28. The normalized spacial score (nSPS) is 20.4. The molecule has 2 aliphatic rings. The minimum atomic E-state index is -4.52. The van der Waals surface area contributed by atoms with Crippen LogP contribution in [0.25, 0.3) is 22.3 Å². The van der Waals surface area contributed by atoms with Crippen LogP contribution in [0.5, 0.6) is 0 Å². The van der Waals surface area contributed by atoms with Crippen LogP contribution in [0.2, 0.25) is 0 Å². The van der Waals surface area contributed by atoms with E-state index in [4.69, 9.17) is 9.47 Å². The number of aromatic nitrogens is 4. The summed E-state index contributed by atoms with van der Waals surface area (Å²) in [6.07, 6.45) is 1.00. The van der Waals surface area contributed by atoms with Crippen LogP contribution in [0.4, 0.5) is 19.0 Å². The Bertz CT molecular complexity index is 1070. The third-order valence-electron chi connectivity index (χ3n) is 5.70. The van der Waals surface area contributed by atoms with Crippen molar-refractivity contribution in [1.29, 1.82) is 0 Å². The summed E-state index contributed by atoms with van der Waals surface area (Å²) in [6, 6.07) is 4.24. The van der Waals surface area contributed by atoms with E-state index in [1.807, 2.05) is 4.90 Å². The zero-order chi connectivity index (χ0) is 21.4. The van der Waals surface area contributed by atoms with Gasteiger partial charge in [0.05, 0.1) is 24.5 Å². The first-order chi connectivity index (χ1) is 15.0. The molecule has 31 heavy (non-hydrogen) atoms. The number of fused-ring (bicyclic) bond motifs is 1. The van der Waals surface area contributed by atoms with Crippen molar-refractivity contribution in [3.63, 3.8) is 0 Å². The van der Waals surface area contributed by atoms with Crippen LogP contribution in [0, 0.1) is 0 Å². The summed E-state index contributed by atoms with van der Waals surface area (Å²) in [4.78, 5) is 10.9. The molecular formula is C21H22F3N5O2. The second-order valence-electron chi connectivity index (χ2n) is 7.66. The van der Waals surface area contributed by atoms with Gasteiger partial charge in [-0.05, 0) is 37.5 Å². The Labute approximate surface area is 176 Å². The predicted octanol–water partition coefficient (Wildman–Crippen LogP) is 4.05. The first-order valence-electron chi connectivity index (χ1n) is 10.4. The highest BCUT2D eigenvalue weighted by molar-refractivity contribution is 5.94. The fraction of sp³-hybridized carbons (Fsp3) is 0.476. The molecule has 1 unspecified atom stereocenters. The quantitative estimate of drug-likeness (QED) is 0.621. The summed E-state index contributed by atoms with van der Waals surface area (Å²) >= 11 is 0. The Morgan fingerprint density at radius 3 is 2.61 bits per heavy atom. The zero-order valence-corrected chi connectivity index (χ0v) is 16.8. The van der Waals surface area contributed by atoms with Gasteiger partial charge < -0.3 is 14.4 Å². The van der Waals surface area contributed by atoms with Gasteiger partial charge in [-0.15, -0.1) is 0 Å². The SMILES string of the molecule is FC(F)(F)c1cc(N2CCOCC2)nc2c(-c3ccnn3C3CCCCO3)nccc12. The number of pyridine rings is 2. The van der Waals surface area contributed by atoms with E-state index >= 15 is 0 Å². The molecule has 1 atom stereocenters. The van der Waals surface area contributed by atoms with E-state index in [9.17, 15) is 13.2 Å². The number of hydrogen-bond donors (Lipinski definition) is 0. The highest BCUT2D eigenvalue weighted by Gasteiger charge is 2.35. The smallest absolute Gasteiger partial charge is 0.378 e. The number of rotatable bonds is 3. The fourth-order valence-electron chi connectivity index (χ4n) is 4.16. The van der Waals surface area contributed by atoms with Gasteiger partial charge in [-0.3, -0.25) is 4.98 Å². The molecular weight excluding hydrogens is 411 g/mol. The molecule has 3 aromatic heterocycles. The molecule has 0 aliphatic carbocycles. The van der Waals surface area contributed by atoms with E-state index < -0.39 is 11.7 Å². The first-order valence-corrected chi connectivity index (χ1v) is 10.4. The van der Waals surface area contributed by atoms with Gasteiger partial charge in [0.15, 0.2) is 6.23 Å². The minimum absolute atomic E-state index is 0.0202. The standard InChI is InChI=1S/C21H22F3N5O2/c22-21(23,24)15-13-17(28-8-11-30-12-9-28)27-19-14(15)4-6-25-20(19)16-5-7-26-29(16)18-3-1-2-10-31-18/h4-7,13,18H,1-3,8-12H2. The van der Waals surface area contributed by atoms with Crippen LogP contribution in [0.3, 0.4) is 0 Å². The number of morpholine rings is 1. The maximum Gasteiger partial charge on any atom is 0.417 e.